The third-order valence-electron chi connectivity index (χ3n) is 3.07. The molecule has 0 N–H and O–H groups in total. The van der Waals surface area contributed by atoms with Crippen LogP contribution >= 0.6 is 31.0 Å². The van der Waals surface area contributed by atoms with Gasteiger partial charge in [-0.05, 0) is 36.2 Å². The molecule has 0 bridgehead atoms. The zero-order valence-corrected chi connectivity index (χ0v) is 13.9. The number of carbonyl (C=O) groups is 1. The molecule has 0 aliphatic carbocycles. The van der Waals surface area contributed by atoms with E-state index in [1.54, 1.807) is 30.3 Å². The van der Waals surface area contributed by atoms with Crippen LogP contribution in [-0.4, -0.2) is 5.52 Å². The summed E-state index contributed by atoms with van der Waals surface area (Å²) in [4.78, 5) is 12.3. The standard InChI is InChI=1S/C16H14Cl2O2P/c1-2-4-11-7-9-12(10-8-11)21(20)16(19)15-13(17)5-3-6-14(15)18/h3,5-10H,2,4H2,1H3/q+1. The van der Waals surface area contributed by atoms with Crippen molar-refractivity contribution in [2.24, 2.45) is 0 Å². The second-order valence-electron chi connectivity index (χ2n) is 4.61. The molecule has 2 aromatic rings. The summed E-state index contributed by atoms with van der Waals surface area (Å²) in [5.74, 6) is 0. The van der Waals surface area contributed by atoms with Gasteiger partial charge in [-0.15, -0.1) is 0 Å². The van der Waals surface area contributed by atoms with E-state index in [0.29, 0.717) is 5.30 Å². The molecule has 0 fully saturated rings. The van der Waals surface area contributed by atoms with E-state index in [0.717, 1.165) is 18.4 Å². The van der Waals surface area contributed by atoms with E-state index in [2.05, 4.69) is 6.92 Å². The van der Waals surface area contributed by atoms with Crippen molar-refractivity contribution in [3.8, 4) is 0 Å². The molecule has 0 spiro atoms. The second kappa shape index (κ2) is 7.17. The van der Waals surface area contributed by atoms with E-state index in [4.69, 9.17) is 23.2 Å². The van der Waals surface area contributed by atoms with Crippen LogP contribution < -0.4 is 5.30 Å². The molecule has 0 aliphatic rings. The van der Waals surface area contributed by atoms with Gasteiger partial charge in [-0.1, -0.05) is 59.3 Å². The van der Waals surface area contributed by atoms with Gasteiger partial charge in [-0.3, -0.25) is 0 Å². The lowest BCUT2D eigenvalue weighted by Crippen LogP contribution is -2.05. The molecule has 1 atom stereocenters. The Labute approximate surface area is 134 Å². The molecule has 0 amide bonds. The molecule has 2 nitrogen and oxygen atoms in total. The highest BCUT2D eigenvalue weighted by Gasteiger charge is 2.35. The summed E-state index contributed by atoms with van der Waals surface area (Å²) in [5.41, 5.74) is 0.747. The van der Waals surface area contributed by atoms with Crippen LogP contribution in [0, 0.1) is 0 Å². The normalized spacial score (nSPS) is 11.3. The quantitative estimate of drug-likeness (QED) is 0.698. The van der Waals surface area contributed by atoms with Gasteiger partial charge in [0.2, 0.25) is 0 Å². The zero-order valence-electron chi connectivity index (χ0n) is 11.5. The smallest absolute Gasteiger partial charge is 0.234 e. The predicted octanol–water partition coefficient (Wildman–Crippen LogP) is 5.24. The van der Waals surface area contributed by atoms with Crippen LogP contribution in [0.1, 0.15) is 29.3 Å². The third kappa shape index (κ3) is 3.71. The Morgan fingerprint density at radius 1 is 1.05 bits per heavy atom. The highest BCUT2D eigenvalue weighted by Crippen LogP contribution is 2.34. The van der Waals surface area contributed by atoms with E-state index in [1.165, 1.54) is 0 Å². The summed E-state index contributed by atoms with van der Waals surface area (Å²) in [7, 11) is -2.23. The molecular weight excluding hydrogens is 326 g/mol. The molecule has 0 saturated heterocycles. The maximum atomic E-state index is 12.4. The van der Waals surface area contributed by atoms with Gasteiger partial charge in [-0.25, -0.2) is 4.79 Å². The third-order valence-corrected chi connectivity index (χ3v) is 5.06. The number of rotatable bonds is 5. The number of hydrogen-bond donors (Lipinski definition) is 0. The largest absolute Gasteiger partial charge is 0.458 e. The number of aryl methyl sites for hydroxylation is 1. The minimum Gasteiger partial charge on any atom is -0.234 e. The molecule has 108 valence electrons. The first kappa shape index (κ1) is 16.2. The Kier molecular flexibility index (Phi) is 5.52. The first-order valence-electron chi connectivity index (χ1n) is 6.59. The summed E-state index contributed by atoms with van der Waals surface area (Å²) in [6, 6.07) is 12.0. The van der Waals surface area contributed by atoms with E-state index in [-0.39, 0.29) is 15.6 Å². The van der Waals surface area contributed by atoms with Gasteiger partial charge in [0.15, 0.2) is 5.30 Å². The monoisotopic (exact) mass is 339 g/mol. The number of halogens is 2. The molecule has 5 heteroatoms. The first-order chi connectivity index (χ1) is 10.0. The fourth-order valence-electron chi connectivity index (χ4n) is 2.01. The lowest BCUT2D eigenvalue weighted by atomic mass is 10.1. The molecule has 2 rings (SSSR count). The van der Waals surface area contributed by atoms with Crippen molar-refractivity contribution in [2.75, 3.05) is 0 Å². The lowest BCUT2D eigenvalue weighted by molar-refractivity contribution is 0.108. The Hall–Kier alpha value is -1.21. The maximum absolute atomic E-state index is 12.4. The second-order valence-corrected chi connectivity index (χ2v) is 6.94. The molecule has 0 aliphatic heterocycles. The SMILES string of the molecule is CCCc1ccc([P+](=O)C(=O)c2c(Cl)cccc2Cl)cc1. The average molecular weight is 340 g/mol. The van der Waals surface area contributed by atoms with Crippen molar-refractivity contribution in [3.63, 3.8) is 0 Å². The Morgan fingerprint density at radius 2 is 1.62 bits per heavy atom. The van der Waals surface area contributed by atoms with Crippen LogP contribution in [-0.2, 0) is 11.0 Å². The van der Waals surface area contributed by atoms with Gasteiger partial charge < -0.3 is 0 Å². The first-order valence-corrected chi connectivity index (χ1v) is 8.60. The lowest BCUT2D eigenvalue weighted by Gasteiger charge is -1.99. The minimum atomic E-state index is -2.23. The predicted molar refractivity (Wildman–Crippen MR) is 88.5 cm³/mol. The molecule has 0 saturated carbocycles. The average Bonchev–Trinajstić information content (AvgIpc) is 2.47. The van der Waals surface area contributed by atoms with Crippen molar-refractivity contribution < 1.29 is 9.36 Å². The van der Waals surface area contributed by atoms with E-state index in [9.17, 15) is 9.36 Å². The number of carbonyl (C=O) groups excluding carboxylic acids is 1. The van der Waals surface area contributed by atoms with Crippen LogP contribution in [0.15, 0.2) is 42.5 Å². The van der Waals surface area contributed by atoms with Gasteiger partial charge in [0.25, 0.3) is 0 Å². The molecule has 0 radical (unpaired) electrons. The van der Waals surface area contributed by atoms with Crippen molar-refractivity contribution in [1.29, 1.82) is 0 Å². The molecule has 21 heavy (non-hydrogen) atoms. The highest BCUT2D eigenvalue weighted by atomic mass is 35.5. The topological polar surface area (TPSA) is 34.1 Å². The van der Waals surface area contributed by atoms with Crippen LogP contribution in [0.4, 0.5) is 0 Å². The van der Waals surface area contributed by atoms with Crippen LogP contribution in [0.2, 0.25) is 10.0 Å². The maximum Gasteiger partial charge on any atom is 0.458 e. The molecule has 0 heterocycles. The summed E-state index contributed by atoms with van der Waals surface area (Å²) in [5, 5.41) is 0.933. The Bertz CT molecular complexity index is 661. The van der Waals surface area contributed by atoms with E-state index < -0.39 is 13.3 Å². The summed E-state index contributed by atoms with van der Waals surface area (Å²) in [6.45, 7) is 2.09. The number of hydrogen-bond acceptors (Lipinski definition) is 2. The van der Waals surface area contributed by atoms with Crippen LogP contribution in [0.25, 0.3) is 0 Å². The minimum absolute atomic E-state index is 0.125. The fourth-order valence-corrected chi connectivity index (χ4v) is 3.81. The van der Waals surface area contributed by atoms with Gasteiger partial charge in [0, 0.05) is 0 Å². The van der Waals surface area contributed by atoms with Gasteiger partial charge in [-0.2, -0.15) is 0 Å². The van der Waals surface area contributed by atoms with Gasteiger partial charge >= 0.3 is 13.3 Å². The van der Waals surface area contributed by atoms with Crippen LogP contribution in [0.5, 0.6) is 0 Å². The zero-order chi connectivity index (χ0) is 15.4. The highest BCUT2D eigenvalue weighted by molar-refractivity contribution is 7.71. The fraction of sp³-hybridized carbons (Fsp3) is 0.188. The molecule has 0 aromatic heterocycles. The van der Waals surface area contributed by atoms with Crippen molar-refractivity contribution in [1.82, 2.24) is 0 Å². The molecular formula is C16H14Cl2O2P+. The van der Waals surface area contributed by atoms with Crippen molar-refractivity contribution >= 4 is 41.8 Å². The van der Waals surface area contributed by atoms with E-state index in [1.807, 2.05) is 12.1 Å². The van der Waals surface area contributed by atoms with Crippen LogP contribution in [0.3, 0.4) is 0 Å². The van der Waals surface area contributed by atoms with Crippen molar-refractivity contribution in [3.05, 3.63) is 63.6 Å². The van der Waals surface area contributed by atoms with Gasteiger partial charge in [0.05, 0.1) is 10.0 Å². The van der Waals surface area contributed by atoms with Gasteiger partial charge in [0.1, 0.15) is 5.56 Å². The summed E-state index contributed by atoms with van der Waals surface area (Å²) >= 11 is 12.0. The Balaban J connectivity index is 2.29. The van der Waals surface area contributed by atoms with Crippen molar-refractivity contribution in [2.45, 2.75) is 19.8 Å². The van der Waals surface area contributed by atoms with E-state index >= 15 is 0 Å². The summed E-state index contributed by atoms with van der Waals surface area (Å²) < 4.78 is 12.4. The molecule has 2 aromatic carbocycles. The molecule has 1 unspecified atom stereocenters. The Morgan fingerprint density at radius 3 is 2.14 bits per heavy atom. The number of benzene rings is 2. The summed E-state index contributed by atoms with van der Waals surface area (Å²) in [6.07, 6.45) is 2.00.